The minimum atomic E-state index is -1.01. The molecule has 0 radical (unpaired) electrons. The van der Waals surface area contributed by atoms with Crippen molar-refractivity contribution in [3.05, 3.63) is 35.3 Å². The van der Waals surface area contributed by atoms with E-state index in [0.29, 0.717) is 0 Å². The molecular weight excluding hydrogens is 184 g/mol. The standard InChI is InChI=1S/C10H10O4/c1-13-9(11)7-4-3-5-8(6-7)10(12)14-2/h3-6H,1-2H3/i3D,4D,5D,6D. The maximum Gasteiger partial charge on any atom is 0.337 e. The lowest BCUT2D eigenvalue weighted by atomic mass is 10.1. The number of esters is 2. The van der Waals surface area contributed by atoms with Crippen molar-refractivity contribution in [3.63, 3.8) is 0 Å². The smallest absolute Gasteiger partial charge is 0.337 e. The number of benzene rings is 1. The molecule has 0 bridgehead atoms. The fourth-order valence-electron chi connectivity index (χ4n) is 0.752. The molecule has 1 aromatic carbocycles. The highest BCUT2D eigenvalue weighted by atomic mass is 16.5. The predicted molar refractivity (Wildman–Crippen MR) is 49.1 cm³/mol. The quantitative estimate of drug-likeness (QED) is 0.671. The van der Waals surface area contributed by atoms with Crippen molar-refractivity contribution >= 4 is 11.9 Å². The molecule has 0 aromatic heterocycles. The maximum atomic E-state index is 11.4. The highest BCUT2D eigenvalue weighted by Crippen LogP contribution is 2.07. The lowest BCUT2D eigenvalue weighted by molar-refractivity contribution is 0.0599. The third-order valence-corrected chi connectivity index (χ3v) is 1.40. The maximum absolute atomic E-state index is 11.4. The van der Waals surface area contributed by atoms with Crippen LogP contribution in [0.1, 0.15) is 26.2 Å². The molecule has 0 heterocycles. The van der Waals surface area contributed by atoms with Crippen LogP contribution in [0.2, 0.25) is 0 Å². The van der Waals surface area contributed by atoms with Crippen molar-refractivity contribution in [1.82, 2.24) is 0 Å². The molecule has 1 rings (SSSR count). The molecule has 74 valence electrons. The molecule has 0 spiro atoms. The number of ether oxygens (including phenoxy) is 2. The summed E-state index contributed by atoms with van der Waals surface area (Å²) in [5.41, 5.74) is -1.06. The van der Waals surface area contributed by atoms with E-state index in [9.17, 15) is 9.59 Å². The number of hydrogen-bond acceptors (Lipinski definition) is 4. The molecular formula is C10H10O4. The van der Waals surface area contributed by atoms with Gasteiger partial charge in [-0.1, -0.05) is 6.04 Å². The van der Waals surface area contributed by atoms with Gasteiger partial charge in [0.25, 0.3) is 0 Å². The van der Waals surface area contributed by atoms with Crippen molar-refractivity contribution in [2.45, 2.75) is 0 Å². The Kier molecular flexibility index (Phi) is 1.83. The van der Waals surface area contributed by atoms with Gasteiger partial charge >= 0.3 is 11.9 Å². The molecule has 0 N–H and O–H groups in total. The lowest BCUT2D eigenvalue weighted by Gasteiger charge is -2.01. The average molecular weight is 198 g/mol. The predicted octanol–water partition coefficient (Wildman–Crippen LogP) is 1.26. The summed E-state index contributed by atoms with van der Waals surface area (Å²) in [7, 11) is 2.11. The van der Waals surface area contributed by atoms with Crippen LogP contribution in [0.4, 0.5) is 0 Å². The molecule has 1 aromatic rings. The molecule has 0 fully saturated rings. The summed E-state index contributed by atoms with van der Waals surface area (Å²) < 4.78 is 39.0. The van der Waals surface area contributed by atoms with Gasteiger partial charge < -0.3 is 9.47 Å². The van der Waals surface area contributed by atoms with Crippen molar-refractivity contribution in [2.75, 3.05) is 14.2 Å². The molecule has 0 amide bonds. The Morgan fingerprint density at radius 1 is 1.14 bits per heavy atom. The Labute approximate surface area is 87.1 Å². The molecule has 0 unspecified atom stereocenters. The number of carbonyl (C=O) groups excluding carboxylic acids is 2. The van der Waals surface area contributed by atoms with Crippen LogP contribution in [0.25, 0.3) is 0 Å². The van der Waals surface area contributed by atoms with Crippen LogP contribution in [0, 0.1) is 0 Å². The zero-order valence-electron chi connectivity index (χ0n) is 11.6. The molecule has 0 aliphatic carbocycles. The highest BCUT2D eigenvalue weighted by Gasteiger charge is 2.09. The van der Waals surface area contributed by atoms with E-state index >= 15 is 0 Å². The minimum absolute atomic E-state index is 0.529. The first kappa shape index (κ1) is 5.80. The van der Waals surface area contributed by atoms with Gasteiger partial charge in [0.15, 0.2) is 0 Å². The molecule has 0 saturated heterocycles. The second kappa shape index (κ2) is 4.41. The average Bonchev–Trinajstić information content (AvgIpc) is 2.35. The fraction of sp³-hybridized carbons (Fsp3) is 0.200. The third-order valence-electron chi connectivity index (χ3n) is 1.40. The zero-order valence-corrected chi connectivity index (χ0v) is 7.63. The Balaban J connectivity index is 3.70. The summed E-state index contributed by atoms with van der Waals surface area (Å²) in [6.45, 7) is 0. The van der Waals surface area contributed by atoms with Crippen LogP contribution in [0.3, 0.4) is 0 Å². The summed E-state index contributed by atoms with van der Waals surface area (Å²) in [6.07, 6.45) is 0. The molecule has 0 aliphatic heterocycles. The highest BCUT2D eigenvalue weighted by molar-refractivity contribution is 5.95. The van der Waals surface area contributed by atoms with Crippen molar-refractivity contribution in [1.29, 1.82) is 0 Å². The van der Waals surface area contributed by atoms with E-state index in [1.165, 1.54) is 0 Å². The van der Waals surface area contributed by atoms with Gasteiger partial charge in [-0.25, -0.2) is 9.59 Å². The van der Waals surface area contributed by atoms with Gasteiger partial charge in [0.1, 0.15) is 0 Å². The zero-order chi connectivity index (χ0) is 14.0. The van der Waals surface area contributed by atoms with Crippen LogP contribution >= 0.6 is 0 Å². The van der Waals surface area contributed by atoms with Crippen LogP contribution in [-0.2, 0) is 9.47 Å². The van der Waals surface area contributed by atoms with Gasteiger partial charge in [0, 0.05) is 0 Å². The first-order chi connectivity index (χ1) is 8.36. The first-order valence-corrected chi connectivity index (χ1v) is 3.63. The summed E-state index contributed by atoms with van der Waals surface area (Å²) in [5.74, 6) is -2.02. The van der Waals surface area contributed by atoms with E-state index in [4.69, 9.17) is 5.48 Å². The van der Waals surface area contributed by atoms with Gasteiger partial charge in [0.05, 0.1) is 30.8 Å². The number of carbonyl (C=O) groups is 2. The van der Waals surface area contributed by atoms with E-state index in [-0.39, 0.29) is 0 Å². The Morgan fingerprint density at radius 2 is 1.57 bits per heavy atom. The van der Waals surface area contributed by atoms with Crippen LogP contribution in [-0.4, -0.2) is 26.2 Å². The second-order valence-electron chi connectivity index (χ2n) is 2.23. The Morgan fingerprint density at radius 3 is 1.93 bits per heavy atom. The van der Waals surface area contributed by atoms with Crippen molar-refractivity contribution < 1.29 is 24.5 Å². The monoisotopic (exact) mass is 198 g/mol. The van der Waals surface area contributed by atoms with E-state index in [1.807, 2.05) is 0 Å². The Bertz CT molecular complexity index is 484. The van der Waals surface area contributed by atoms with Gasteiger partial charge in [-0.15, -0.1) is 0 Å². The topological polar surface area (TPSA) is 52.6 Å². The van der Waals surface area contributed by atoms with Crippen LogP contribution in [0.15, 0.2) is 24.2 Å². The van der Waals surface area contributed by atoms with Crippen molar-refractivity contribution in [3.8, 4) is 0 Å². The van der Waals surface area contributed by atoms with Crippen molar-refractivity contribution in [2.24, 2.45) is 0 Å². The van der Waals surface area contributed by atoms with E-state index < -0.39 is 47.2 Å². The lowest BCUT2D eigenvalue weighted by Crippen LogP contribution is -2.05. The summed E-state index contributed by atoms with van der Waals surface area (Å²) in [4.78, 5) is 22.8. The largest absolute Gasteiger partial charge is 0.465 e. The summed E-state index contributed by atoms with van der Waals surface area (Å²) >= 11 is 0. The molecule has 0 aliphatic rings. The number of hydrogen-bond donors (Lipinski definition) is 0. The van der Waals surface area contributed by atoms with Crippen LogP contribution in [0.5, 0.6) is 0 Å². The molecule has 0 atom stereocenters. The van der Waals surface area contributed by atoms with Gasteiger partial charge in [-0.2, -0.15) is 0 Å². The van der Waals surface area contributed by atoms with Gasteiger partial charge in [-0.3, -0.25) is 0 Å². The fourth-order valence-corrected chi connectivity index (χ4v) is 0.752. The number of methoxy groups -OCH3 is 2. The normalized spacial score (nSPS) is 13.3. The molecule has 4 heteroatoms. The second-order valence-corrected chi connectivity index (χ2v) is 2.23. The SMILES string of the molecule is [2H]c1c([2H])c(C(=O)OC)c([2H])c(C(=O)OC)c1[2H]. The Hall–Kier alpha value is -1.84. The molecule has 14 heavy (non-hydrogen) atoms. The van der Waals surface area contributed by atoms with Gasteiger partial charge in [0.2, 0.25) is 0 Å². The summed E-state index contributed by atoms with van der Waals surface area (Å²) in [6, 6.07) is -2.51. The third kappa shape index (κ3) is 2.10. The van der Waals surface area contributed by atoms with E-state index in [0.717, 1.165) is 14.2 Å². The summed E-state index contributed by atoms with van der Waals surface area (Å²) in [5, 5.41) is 0. The molecule has 4 nitrogen and oxygen atoms in total. The van der Waals surface area contributed by atoms with E-state index in [1.54, 1.807) is 0 Å². The van der Waals surface area contributed by atoms with Crippen LogP contribution < -0.4 is 0 Å². The first-order valence-electron chi connectivity index (χ1n) is 5.63. The minimum Gasteiger partial charge on any atom is -0.465 e. The number of rotatable bonds is 2. The molecule has 0 saturated carbocycles. The van der Waals surface area contributed by atoms with Gasteiger partial charge in [-0.05, 0) is 18.1 Å². The van der Waals surface area contributed by atoms with E-state index in [2.05, 4.69) is 9.47 Å².